The Morgan fingerprint density at radius 1 is 1.23 bits per heavy atom. The number of fused-ring (bicyclic) bond motifs is 1. The Kier molecular flexibility index (Phi) is 4.97. The normalized spacial score (nSPS) is 16.8. The van der Waals surface area contributed by atoms with Gasteiger partial charge in [-0.25, -0.2) is 14.4 Å². The number of amides is 1. The zero-order valence-corrected chi connectivity index (χ0v) is 17.2. The van der Waals surface area contributed by atoms with Crippen molar-refractivity contribution in [3.8, 4) is 5.75 Å². The molecule has 0 saturated carbocycles. The van der Waals surface area contributed by atoms with Crippen LogP contribution in [0.2, 0.25) is 0 Å². The second-order valence-electron chi connectivity index (χ2n) is 7.83. The van der Waals surface area contributed by atoms with Crippen molar-refractivity contribution < 1.29 is 13.9 Å². The van der Waals surface area contributed by atoms with Crippen LogP contribution >= 0.6 is 0 Å². The predicted molar refractivity (Wildman–Crippen MR) is 115 cm³/mol. The van der Waals surface area contributed by atoms with E-state index in [1.165, 1.54) is 12.3 Å². The van der Waals surface area contributed by atoms with E-state index in [0.29, 0.717) is 44.0 Å². The first-order valence-electron chi connectivity index (χ1n) is 10.3. The molecule has 31 heavy (non-hydrogen) atoms. The zero-order valence-electron chi connectivity index (χ0n) is 17.2. The molecule has 158 valence electrons. The highest BCUT2D eigenvalue weighted by molar-refractivity contribution is 5.79. The average molecular weight is 419 g/mol. The van der Waals surface area contributed by atoms with Crippen LogP contribution in [-0.4, -0.2) is 58.0 Å². The van der Waals surface area contributed by atoms with Gasteiger partial charge in [0.05, 0.1) is 24.8 Å². The van der Waals surface area contributed by atoms with Gasteiger partial charge in [0.1, 0.15) is 29.2 Å². The molecule has 0 spiro atoms. The zero-order chi connectivity index (χ0) is 21.4. The van der Waals surface area contributed by atoms with Crippen molar-refractivity contribution >= 4 is 28.2 Å². The van der Waals surface area contributed by atoms with E-state index in [1.807, 2.05) is 24.3 Å². The molecule has 0 atom stereocenters. The quantitative estimate of drug-likeness (QED) is 0.647. The number of nitrogens with zero attached hydrogens (tertiary/aromatic N) is 5. The maximum atomic E-state index is 13.9. The Labute approximate surface area is 179 Å². The molecule has 2 aliphatic heterocycles. The minimum atomic E-state index is -0.429. The lowest BCUT2D eigenvalue weighted by molar-refractivity contribution is -0.128. The summed E-state index contributed by atoms with van der Waals surface area (Å²) in [7, 11) is 0. The van der Waals surface area contributed by atoms with Crippen molar-refractivity contribution in [3.63, 3.8) is 0 Å². The van der Waals surface area contributed by atoms with Crippen LogP contribution in [0.4, 0.5) is 10.2 Å². The maximum Gasteiger partial charge on any atom is 0.219 e. The van der Waals surface area contributed by atoms with Crippen molar-refractivity contribution in [2.45, 2.75) is 19.4 Å². The SMILES string of the molecule is CC(=O)N1CC=C(c2ncc(F)cc2OC2CN(c3ccc4cnccc4n3)C2)CC1. The molecule has 1 amide bonds. The molecule has 0 N–H and O–H groups in total. The number of ether oxygens (including phenoxy) is 1. The molecule has 5 rings (SSSR count). The van der Waals surface area contributed by atoms with E-state index in [2.05, 4.69) is 19.9 Å². The molecular formula is C23H22FN5O2. The van der Waals surface area contributed by atoms with Crippen molar-refractivity contribution in [1.29, 1.82) is 0 Å². The van der Waals surface area contributed by atoms with Gasteiger partial charge in [0.15, 0.2) is 0 Å². The predicted octanol–water partition coefficient (Wildman–Crippen LogP) is 3.07. The summed E-state index contributed by atoms with van der Waals surface area (Å²) in [5.41, 5.74) is 2.53. The monoisotopic (exact) mass is 419 g/mol. The third-order valence-electron chi connectivity index (χ3n) is 5.72. The molecule has 0 unspecified atom stereocenters. The van der Waals surface area contributed by atoms with Crippen molar-refractivity contribution in [3.05, 3.63) is 60.4 Å². The fourth-order valence-corrected chi connectivity index (χ4v) is 3.93. The molecule has 0 radical (unpaired) electrons. The summed E-state index contributed by atoms with van der Waals surface area (Å²) in [5, 5.41) is 0.999. The highest BCUT2D eigenvalue weighted by Crippen LogP contribution is 2.32. The van der Waals surface area contributed by atoms with E-state index >= 15 is 0 Å². The van der Waals surface area contributed by atoms with E-state index in [1.54, 1.807) is 24.2 Å². The lowest BCUT2D eigenvalue weighted by Gasteiger charge is -2.40. The summed E-state index contributed by atoms with van der Waals surface area (Å²) in [6.07, 6.45) is 7.30. The molecule has 2 aliphatic rings. The van der Waals surface area contributed by atoms with Crippen LogP contribution in [0.1, 0.15) is 19.0 Å². The molecule has 1 fully saturated rings. The Morgan fingerprint density at radius 3 is 2.87 bits per heavy atom. The van der Waals surface area contributed by atoms with Crippen LogP contribution < -0.4 is 9.64 Å². The van der Waals surface area contributed by atoms with Gasteiger partial charge in [0, 0.05) is 43.9 Å². The number of carbonyl (C=O) groups excluding carboxylic acids is 1. The molecule has 3 aromatic heterocycles. The summed E-state index contributed by atoms with van der Waals surface area (Å²) < 4.78 is 20.0. The van der Waals surface area contributed by atoms with E-state index in [9.17, 15) is 9.18 Å². The molecule has 0 bridgehead atoms. The number of halogens is 1. The minimum Gasteiger partial charge on any atom is -0.484 e. The van der Waals surface area contributed by atoms with Crippen LogP contribution in [-0.2, 0) is 4.79 Å². The Balaban J connectivity index is 1.29. The summed E-state index contributed by atoms with van der Waals surface area (Å²) in [4.78, 5) is 28.5. The van der Waals surface area contributed by atoms with Gasteiger partial charge in [-0.1, -0.05) is 6.08 Å². The molecule has 1 saturated heterocycles. The highest BCUT2D eigenvalue weighted by Gasteiger charge is 2.31. The lowest BCUT2D eigenvalue weighted by atomic mass is 10.0. The van der Waals surface area contributed by atoms with Crippen LogP contribution in [0.25, 0.3) is 16.5 Å². The summed E-state index contributed by atoms with van der Waals surface area (Å²) in [5.74, 6) is 0.952. The molecular weight excluding hydrogens is 397 g/mol. The molecule has 0 aliphatic carbocycles. The van der Waals surface area contributed by atoms with Crippen molar-refractivity contribution in [2.75, 3.05) is 31.1 Å². The molecule has 5 heterocycles. The van der Waals surface area contributed by atoms with Gasteiger partial charge in [-0.2, -0.15) is 0 Å². The van der Waals surface area contributed by atoms with Crippen molar-refractivity contribution in [2.24, 2.45) is 0 Å². The number of anilines is 1. The second kappa shape index (κ2) is 7.94. The van der Waals surface area contributed by atoms with Gasteiger partial charge in [-0.05, 0) is 30.2 Å². The summed E-state index contributed by atoms with van der Waals surface area (Å²) in [6, 6.07) is 7.27. The highest BCUT2D eigenvalue weighted by atomic mass is 19.1. The molecule has 7 nitrogen and oxygen atoms in total. The number of carbonyl (C=O) groups is 1. The van der Waals surface area contributed by atoms with Crippen molar-refractivity contribution in [1.82, 2.24) is 19.9 Å². The number of hydrogen-bond donors (Lipinski definition) is 0. The van der Waals surface area contributed by atoms with Crippen LogP contribution in [0.15, 0.2) is 48.9 Å². The number of aromatic nitrogens is 3. The minimum absolute atomic E-state index is 0.0481. The summed E-state index contributed by atoms with van der Waals surface area (Å²) in [6.45, 7) is 4.05. The standard InChI is InChI=1S/C23H22FN5O2/c1-15(30)28-8-5-16(6-9-28)23-21(10-18(24)12-26-23)31-19-13-29(14-19)22-3-2-17-11-25-7-4-20(17)27-22/h2-5,7,10-12,19H,6,8-9,13-14H2,1H3. The van der Waals surface area contributed by atoms with Crippen LogP contribution in [0, 0.1) is 5.82 Å². The Hall–Kier alpha value is -3.55. The molecule has 8 heteroatoms. The van der Waals surface area contributed by atoms with Crippen LogP contribution in [0.3, 0.4) is 0 Å². The van der Waals surface area contributed by atoms with Gasteiger partial charge in [0.25, 0.3) is 0 Å². The third kappa shape index (κ3) is 3.93. The molecule has 3 aromatic rings. The first kappa shape index (κ1) is 19.4. The van der Waals surface area contributed by atoms with Gasteiger partial charge >= 0.3 is 0 Å². The second-order valence-corrected chi connectivity index (χ2v) is 7.83. The topological polar surface area (TPSA) is 71.5 Å². The van der Waals surface area contributed by atoms with Gasteiger partial charge < -0.3 is 14.5 Å². The number of hydrogen-bond acceptors (Lipinski definition) is 6. The largest absolute Gasteiger partial charge is 0.484 e. The van der Waals surface area contributed by atoms with E-state index in [-0.39, 0.29) is 12.0 Å². The van der Waals surface area contributed by atoms with Gasteiger partial charge in [0.2, 0.25) is 5.91 Å². The Morgan fingerprint density at radius 2 is 2.10 bits per heavy atom. The van der Waals surface area contributed by atoms with Gasteiger partial charge in [-0.3, -0.25) is 9.78 Å². The smallest absolute Gasteiger partial charge is 0.219 e. The average Bonchev–Trinajstić information content (AvgIpc) is 2.76. The first-order valence-corrected chi connectivity index (χ1v) is 10.3. The summed E-state index contributed by atoms with van der Waals surface area (Å²) >= 11 is 0. The number of rotatable bonds is 4. The number of pyridine rings is 3. The third-order valence-corrected chi connectivity index (χ3v) is 5.72. The van der Waals surface area contributed by atoms with E-state index in [4.69, 9.17) is 4.74 Å². The van der Waals surface area contributed by atoms with E-state index in [0.717, 1.165) is 22.3 Å². The van der Waals surface area contributed by atoms with E-state index < -0.39 is 5.82 Å². The molecule has 0 aromatic carbocycles. The van der Waals surface area contributed by atoms with Crippen LogP contribution in [0.5, 0.6) is 5.75 Å². The Bertz CT molecular complexity index is 1180. The fraction of sp³-hybridized carbons (Fsp3) is 0.304. The maximum absolute atomic E-state index is 13.9. The fourth-order valence-electron chi connectivity index (χ4n) is 3.93. The lowest BCUT2D eigenvalue weighted by Crippen LogP contribution is -2.54. The first-order chi connectivity index (χ1) is 15.1. The van der Waals surface area contributed by atoms with Gasteiger partial charge in [-0.15, -0.1) is 0 Å².